The molecule has 5 heterocycles. The van der Waals surface area contributed by atoms with Crippen LogP contribution in [0, 0.1) is 5.92 Å². The molecule has 1 unspecified atom stereocenters. The number of aliphatic hydroxyl groups is 1. The van der Waals surface area contributed by atoms with E-state index < -0.39 is 12.0 Å². The van der Waals surface area contributed by atoms with Gasteiger partial charge in [0.25, 0.3) is 11.4 Å². The molecule has 10 nitrogen and oxygen atoms in total. The Balaban J connectivity index is 0.915. The SMILES string of the molecule is CC(C)[C@@H](C(=O)N1CCC(O)C1)c1cc(OCCCCN2CCC(c3ccc4c(c3)-n3c(nc(=O)c5c(Cl)cccc53)C4(C)C)CC2)no1. The first-order chi connectivity index (χ1) is 23.5. The molecule has 3 aliphatic rings. The largest absolute Gasteiger partial charge is 0.476 e. The van der Waals surface area contributed by atoms with Gasteiger partial charge >= 0.3 is 0 Å². The van der Waals surface area contributed by atoms with Crippen LogP contribution < -0.4 is 10.3 Å². The Labute approximate surface area is 292 Å². The van der Waals surface area contributed by atoms with E-state index in [2.05, 4.69) is 51.7 Å². The van der Waals surface area contributed by atoms with Crippen LogP contribution >= 0.6 is 11.6 Å². The van der Waals surface area contributed by atoms with E-state index in [0.29, 0.717) is 54.1 Å². The molecule has 49 heavy (non-hydrogen) atoms. The van der Waals surface area contributed by atoms with Crippen molar-refractivity contribution in [1.82, 2.24) is 24.5 Å². The van der Waals surface area contributed by atoms with Gasteiger partial charge in [0, 0.05) is 19.2 Å². The topological polar surface area (TPSA) is 114 Å². The first kappa shape index (κ1) is 33.8. The van der Waals surface area contributed by atoms with E-state index in [4.69, 9.17) is 20.9 Å². The maximum absolute atomic E-state index is 13.1. The van der Waals surface area contributed by atoms with Gasteiger partial charge in [-0.15, -0.1) is 0 Å². The van der Waals surface area contributed by atoms with Crippen molar-refractivity contribution in [3.05, 3.63) is 80.6 Å². The molecular formula is C38H46ClN5O5. The molecule has 2 atom stereocenters. The molecule has 2 fully saturated rings. The number of amides is 1. The van der Waals surface area contributed by atoms with Gasteiger partial charge in [0.15, 0.2) is 5.76 Å². The second-order valence-corrected chi connectivity index (χ2v) is 15.2. The molecule has 0 spiro atoms. The van der Waals surface area contributed by atoms with Gasteiger partial charge in [-0.1, -0.05) is 43.6 Å². The summed E-state index contributed by atoms with van der Waals surface area (Å²) in [4.78, 5) is 34.9. The summed E-state index contributed by atoms with van der Waals surface area (Å²) >= 11 is 6.47. The fourth-order valence-electron chi connectivity index (χ4n) is 7.99. The third kappa shape index (κ3) is 6.39. The van der Waals surface area contributed by atoms with Gasteiger partial charge in [0.05, 0.1) is 39.7 Å². The lowest BCUT2D eigenvalue weighted by molar-refractivity contribution is -0.133. The number of unbranched alkanes of at least 4 members (excludes halogenated alkanes) is 1. The monoisotopic (exact) mass is 687 g/mol. The highest BCUT2D eigenvalue weighted by atomic mass is 35.5. The number of likely N-dealkylation sites (tertiary alicyclic amines) is 2. The van der Waals surface area contributed by atoms with Crippen molar-refractivity contribution in [3.63, 3.8) is 0 Å². The highest BCUT2D eigenvalue weighted by Crippen LogP contribution is 2.44. The molecule has 1 N–H and O–H groups in total. The van der Waals surface area contributed by atoms with Crippen LogP contribution in [0.15, 0.2) is 51.8 Å². The Morgan fingerprint density at radius 1 is 1.10 bits per heavy atom. The Morgan fingerprint density at radius 3 is 2.63 bits per heavy atom. The predicted molar refractivity (Wildman–Crippen MR) is 189 cm³/mol. The molecule has 0 aliphatic carbocycles. The fraction of sp³-hybridized carbons (Fsp3) is 0.526. The maximum Gasteiger partial charge on any atom is 0.282 e. The number of ether oxygens (including phenoxy) is 1. The molecule has 260 valence electrons. The van der Waals surface area contributed by atoms with Crippen LogP contribution in [0.1, 0.15) is 94.3 Å². The summed E-state index contributed by atoms with van der Waals surface area (Å²) in [6.07, 6.45) is 4.25. The first-order valence-electron chi connectivity index (χ1n) is 17.7. The molecule has 0 bridgehead atoms. The highest BCUT2D eigenvalue weighted by Gasteiger charge is 2.39. The van der Waals surface area contributed by atoms with Crippen molar-refractivity contribution in [2.45, 2.75) is 83.2 Å². The van der Waals surface area contributed by atoms with Crippen molar-refractivity contribution < 1.29 is 19.2 Å². The van der Waals surface area contributed by atoms with E-state index in [-0.39, 0.29) is 22.8 Å². The number of fused-ring (bicyclic) bond motifs is 5. The molecule has 7 rings (SSSR count). The van der Waals surface area contributed by atoms with Gasteiger partial charge < -0.3 is 24.2 Å². The van der Waals surface area contributed by atoms with Gasteiger partial charge in [-0.3, -0.25) is 14.2 Å². The number of carbonyl (C=O) groups is 1. The van der Waals surface area contributed by atoms with Gasteiger partial charge in [-0.25, -0.2) is 0 Å². The zero-order valence-corrected chi connectivity index (χ0v) is 29.6. The van der Waals surface area contributed by atoms with Crippen LogP contribution in [0.4, 0.5) is 0 Å². The molecule has 11 heteroatoms. The van der Waals surface area contributed by atoms with E-state index in [1.165, 1.54) is 11.1 Å². The number of hydrogen-bond acceptors (Lipinski definition) is 8. The zero-order chi connectivity index (χ0) is 34.4. The predicted octanol–water partition coefficient (Wildman–Crippen LogP) is 6.04. The first-order valence-corrected chi connectivity index (χ1v) is 18.1. The molecule has 2 saturated heterocycles. The third-order valence-electron chi connectivity index (χ3n) is 10.8. The van der Waals surface area contributed by atoms with E-state index in [0.717, 1.165) is 62.3 Å². The van der Waals surface area contributed by atoms with E-state index in [1.807, 2.05) is 26.0 Å². The van der Waals surface area contributed by atoms with Crippen LogP contribution in [-0.4, -0.2) is 81.0 Å². The molecule has 3 aliphatic heterocycles. The summed E-state index contributed by atoms with van der Waals surface area (Å²) in [6.45, 7) is 12.8. The number of β-amino-alcohol motifs (C(OH)–C–C–N with tert-alkyl or cyclic N) is 1. The molecule has 0 radical (unpaired) electrons. The summed E-state index contributed by atoms with van der Waals surface area (Å²) < 4.78 is 13.6. The lowest BCUT2D eigenvalue weighted by Crippen LogP contribution is -2.35. The average molecular weight is 688 g/mol. The number of carbonyl (C=O) groups excluding carboxylic acids is 1. The number of aromatic nitrogens is 3. The van der Waals surface area contributed by atoms with Gasteiger partial charge in [-0.2, -0.15) is 4.98 Å². The van der Waals surface area contributed by atoms with E-state index in [9.17, 15) is 14.7 Å². The number of rotatable bonds is 10. The van der Waals surface area contributed by atoms with Crippen LogP contribution in [0.3, 0.4) is 0 Å². The highest BCUT2D eigenvalue weighted by molar-refractivity contribution is 6.35. The quantitative estimate of drug-likeness (QED) is 0.201. The molecule has 4 aromatic rings. The summed E-state index contributed by atoms with van der Waals surface area (Å²) in [5, 5.41) is 14.9. The Morgan fingerprint density at radius 2 is 1.90 bits per heavy atom. The second kappa shape index (κ2) is 13.5. The van der Waals surface area contributed by atoms with Crippen LogP contribution in [0.25, 0.3) is 16.6 Å². The van der Waals surface area contributed by atoms with Crippen molar-refractivity contribution in [2.24, 2.45) is 5.92 Å². The van der Waals surface area contributed by atoms with Gasteiger partial charge in [-0.05, 0) is 112 Å². The number of hydrogen-bond donors (Lipinski definition) is 1. The van der Waals surface area contributed by atoms with Crippen LogP contribution in [0.2, 0.25) is 5.02 Å². The Kier molecular flexibility index (Phi) is 9.32. The third-order valence-corrected chi connectivity index (χ3v) is 11.1. The minimum Gasteiger partial charge on any atom is -0.476 e. The van der Waals surface area contributed by atoms with Crippen LogP contribution in [0.5, 0.6) is 5.88 Å². The van der Waals surface area contributed by atoms with Crippen molar-refractivity contribution >= 4 is 28.4 Å². The second-order valence-electron chi connectivity index (χ2n) is 14.8. The number of aliphatic hydroxyl groups excluding tert-OH is 1. The normalized spacial score (nSPS) is 19.8. The number of nitrogens with zero attached hydrogens (tertiary/aromatic N) is 5. The van der Waals surface area contributed by atoms with Gasteiger partial charge in [0.2, 0.25) is 5.91 Å². The molecule has 2 aromatic carbocycles. The number of piperidine rings is 1. The van der Waals surface area contributed by atoms with Gasteiger partial charge in [0.1, 0.15) is 11.7 Å². The standard InChI is InChI=1S/C38H46ClN5O5/c1-23(2)33(36(47)43-18-14-26(45)22-43)31-21-32(41-49-31)48-19-6-5-15-42-16-12-24(13-17-42)25-10-11-27-30(20-25)44-29-9-7-8-28(39)34(29)35(46)40-37(44)38(27,3)4/h7-11,20-21,23-24,26,33,45H,5-6,12-19,22H2,1-4H3/t26?,33-/m1/s1. The summed E-state index contributed by atoms with van der Waals surface area (Å²) in [7, 11) is 0. The maximum atomic E-state index is 13.1. The number of benzene rings is 2. The molecule has 2 aromatic heterocycles. The van der Waals surface area contributed by atoms with Crippen molar-refractivity contribution in [2.75, 3.05) is 39.3 Å². The van der Waals surface area contributed by atoms with Crippen molar-refractivity contribution in [1.29, 1.82) is 0 Å². The Hall–Kier alpha value is -3.73. The minimum absolute atomic E-state index is 0.0300. The molecular weight excluding hydrogens is 642 g/mol. The lowest BCUT2D eigenvalue weighted by atomic mass is 9.83. The average Bonchev–Trinajstić information content (AvgIpc) is 3.78. The summed E-state index contributed by atoms with van der Waals surface area (Å²) in [5.74, 6) is 1.71. The smallest absolute Gasteiger partial charge is 0.282 e. The fourth-order valence-corrected chi connectivity index (χ4v) is 8.24. The summed E-state index contributed by atoms with van der Waals surface area (Å²) in [6, 6.07) is 14.2. The number of halogens is 1. The molecule has 1 amide bonds. The Bertz CT molecular complexity index is 1910. The van der Waals surface area contributed by atoms with Crippen LogP contribution in [-0.2, 0) is 10.2 Å². The van der Waals surface area contributed by atoms with E-state index in [1.54, 1.807) is 17.0 Å². The lowest BCUT2D eigenvalue weighted by Gasteiger charge is -2.32. The van der Waals surface area contributed by atoms with Crippen molar-refractivity contribution in [3.8, 4) is 11.6 Å². The minimum atomic E-state index is -0.456. The van der Waals surface area contributed by atoms with E-state index >= 15 is 0 Å². The molecule has 0 saturated carbocycles. The summed E-state index contributed by atoms with van der Waals surface area (Å²) in [5.41, 5.74) is 3.74. The zero-order valence-electron chi connectivity index (χ0n) is 28.8.